The Kier molecular flexibility index (Phi) is 54.4. The molecular formula is C72H138N8O11. The summed E-state index contributed by atoms with van der Waals surface area (Å²) in [7, 11) is 0. The van der Waals surface area contributed by atoms with Gasteiger partial charge in [-0.2, -0.15) is 0 Å². The van der Waals surface area contributed by atoms with Crippen LogP contribution in [0.25, 0.3) is 0 Å². The van der Waals surface area contributed by atoms with Crippen LogP contribution in [0, 0.1) is 23.7 Å². The second-order valence-electron chi connectivity index (χ2n) is 26.2. The molecule has 0 saturated carbocycles. The van der Waals surface area contributed by atoms with Gasteiger partial charge in [0.25, 0.3) is 0 Å². The SMILES string of the molecule is CCCCCCCCCCCCN(CC(=O)N(CC(N)=O)CC(CC)CCCC)C(=O)CN(CC(CC)CCCC)C(=O)CN(CC(CC)CCCC)C(=O)CN(CCCOC(=O)CCCCCCC)C(=O)CN(CC(CC)CCCC)C(=O)CNC(CO)CO. The van der Waals surface area contributed by atoms with Crippen molar-refractivity contribution in [3.8, 4) is 0 Å². The molecule has 91 heavy (non-hydrogen) atoms. The Bertz CT molecular complexity index is 1910. The van der Waals surface area contributed by atoms with Gasteiger partial charge < -0.3 is 55.4 Å². The molecule has 0 aromatic carbocycles. The van der Waals surface area contributed by atoms with Gasteiger partial charge >= 0.3 is 5.97 Å². The maximum absolute atomic E-state index is 15.4. The van der Waals surface area contributed by atoms with Crippen molar-refractivity contribution in [3.05, 3.63) is 0 Å². The van der Waals surface area contributed by atoms with Gasteiger partial charge in [-0.3, -0.25) is 38.4 Å². The van der Waals surface area contributed by atoms with E-state index < -0.39 is 61.2 Å². The highest BCUT2D eigenvalue weighted by atomic mass is 16.5. The molecule has 532 valence electrons. The Morgan fingerprint density at radius 1 is 0.363 bits per heavy atom. The highest BCUT2D eigenvalue weighted by Gasteiger charge is 2.32. The minimum atomic E-state index is -0.741. The minimum Gasteiger partial charge on any atom is -0.466 e. The first-order valence-electron chi connectivity index (χ1n) is 36.9. The monoisotopic (exact) mass is 1290 g/mol. The van der Waals surface area contributed by atoms with Crippen LogP contribution in [-0.4, -0.2) is 198 Å². The number of carbonyl (C=O) groups excluding carboxylic acids is 8. The normalized spacial score (nSPS) is 12.7. The second-order valence-corrected chi connectivity index (χ2v) is 26.2. The topological polar surface area (TPSA) is 244 Å². The summed E-state index contributed by atoms with van der Waals surface area (Å²) in [6, 6.07) is -0.741. The molecule has 0 saturated heterocycles. The third-order valence-electron chi connectivity index (χ3n) is 18.3. The number of nitrogens with two attached hydrogens (primary N) is 1. The summed E-state index contributed by atoms with van der Waals surface area (Å²) in [4.78, 5) is 124. The average molecular weight is 1290 g/mol. The van der Waals surface area contributed by atoms with Gasteiger partial charge in [0.15, 0.2) is 0 Å². The second kappa shape index (κ2) is 57.1. The number of rotatable bonds is 62. The number of primary amides is 1. The van der Waals surface area contributed by atoms with Crippen molar-refractivity contribution in [1.29, 1.82) is 0 Å². The van der Waals surface area contributed by atoms with Crippen molar-refractivity contribution in [3.63, 3.8) is 0 Å². The Balaban J connectivity index is 7.65. The molecule has 0 aliphatic carbocycles. The van der Waals surface area contributed by atoms with Crippen LogP contribution in [0.3, 0.4) is 0 Å². The summed E-state index contributed by atoms with van der Waals surface area (Å²) in [5.41, 5.74) is 5.77. The number of hydrogen-bond donors (Lipinski definition) is 4. The van der Waals surface area contributed by atoms with Gasteiger partial charge in [-0.25, -0.2) is 0 Å². The largest absolute Gasteiger partial charge is 0.466 e. The summed E-state index contributed by atoms with van der Waals surface area (Å²) in [6.45, 7) is 19.5. The molecule has 0 aromatic heterocycles. The number of nitrogens with one attached hydrogen (secondary N) is 1. The van der Waals surface area contributed by atoms with Crippen molar-refractivity contribution >= 4 is 47.3 Å². The maximum Gasteiger partial charge on any atom is 0.305 e. The molecule has 0 heterocycles. The summed E-state index contributed by atoms with van der Waals surface area (Å²) in [5.74, 6) is -3.21. The number of esters is 1. The van der Waals surface area contributed by atoms with Crippen molar-refractivity contribution < 1.29 is 53.3 Å². The Labute approximate surface area is 554 Å². The molecule has 0 aliphatic rings. The van der Waals surface area contributed by atoms with Crippen LogP contribution in [0.4, 0.5) is 0 Å². The lowest BCUT2D eigenvalue weighted by Gasteiger charge is -2.35. The Hall–Kier alpha value is -4.36. The molecular weight excluding hydrogens is 1150 g/mol. The lowest BCUT2D eigenvalue weighted by atomic mass is 9.98. The molecule has 0 aliphatic heterocycles. The summed E-state index contributed by atoms with van der Waals surface area (Å²) < 4.78 is 5.66. The van der Waals surface area contributed by atoms with Gasteiger partial charge in [0, 0.05) is 45.7 Å². The van der Waals surface area contributed by atoms with Gasteiger partial charge in [-0.15, -0.1) is 0 Å². The fourth-order valence-electron chi connectivity index (χ4n) is 11.7. The molecule has 4 atom stereocenters. The number of hydrogen-bond acceptors (Lipinski definition) is 12. The molecule has 5 N–H and O–H groups in total. The van der Waals surface area contributed by atoms with E-state index in [0.717, 1.165) is 154 Å². The molecule has 19 nitrogen and oxygen atoms in total. The number of aliphatic hydroxyl groups excluding tert-OH is 2. The molecule has 0 spiro atoms. The number of unbranched alkanes of at least 4 members (excludes halogenated alkanes) is 17. The molecule has 0 bridgehead atoms. The molecule has 0 fully saturated rings. The first-order valence-corrected chi connectivity index (χ1v) is 36.9. The zero-order valence-corrected chi connectivity index (χ0v) is 59.9. The number of aliphatic hydroxyl groups is 2. The maximum atomic E-state index is 15.4. The van der Waals surface area contributed by atoms with Crippen LogP contribution in [0.2, 0.25) is 0 Å². The van der Waals surface area contributed by atoms with Crippen LogP contribution in [0.15, 0.2) is 0 Å². The fraction of sp³-hybridized carbons (Fsp3) is 0.889. The molecule has 4 unspecified atom stereocenters. The number of carbonyl (C=O) groups is 8. The third kappa shape index (κ3) is 42.6. The third-order valence-corrected chi connectivity index (χ3v) is 18.3. The quantitative estimate of drug-likeness (QED) is 0.0328. The average Bonchev–Trinajstić information content (AvgIpc) is 1.50. The van der Waals surface area contributed by atoms with Gasteiger partial charge in [-0.05, 0) is 68.6 Å². The standard InChI is InChI=1S/C72H138N8O11/c1-11-21-27-29-30-31-32-33-35-37-44-75(53-69(87)77(52-65(73)83)48-60(17-7)39-23-13-3)68(86)56-79(50-62(19-9)41-25-15-5)71(89)57-80(51-63(20-10)42-26-16-6)70(88)54-76(45-38-46-91-72(90)43-36-34-28-22-12-2)67(85)55-78(49-61(18-8)40-24-14-4)66(84)47-74-64(58-81)59-82/h60-64,74,81-82H,11-59H2,1-10H3,(H2,73,83). The summed E-state index contributed by atoms with van der Waals surface area (Å²) in [6.07, 6.45) is 30.2. The van der Waals surface area contributed by atoms with Crippen molar-refractivity contribution in [1.82, 2.24) is 34.7 Å². The fourth-order valence-corrected chi connectivity index (χ4v) is 11.7. The highest BCUT2D eigenvalue weighted by Crippen LogP contribution is 2.21. The van der Waals surface area contributed by atoms with Crippen LogP contribution in [0.1, 0.15) is 281 Å². The van der Waals surface area contributed by atoms with Crippen LogP contribution >= 0.6 is 0 Å². The zero-order chi connectivity index (χ0) is 68.0. The van der Waals surface area contributed by atoms with E-state index in [-0.39, 0.29) is 120 Å². The van der Waals surface area contributed by atoms with E-state index in [1.54, 1.807) is 14.7 Å². The predicted molar refractivity (Wildman–Crippen MR) is 369 cm³/mol. The Morgan fingerprint density at radius 2 is 0.659 bits per heavy atom. The van der Waals surface area contributed by atoms with Gasteiger partial charge in [0.2, 0.25) is 41.4 Å². The van der Waals surface area contributed by atoms with Gasteiger partial charge in [0.05, 0.1) is 71.7 Å². The molecule has 0 aromatic rings. The van der Waals surface area contributed by atoms with E-state index in [9.17, 15) is 34.2 Å². The molecule has 19 heteroatoms. The van der Waals surface area contributed by atoms with E-state index >= 15 is 14.4 Å². The van der Waals surface area contributed by atoms with Crippen molar-refractivity contribution in [2.45, 2.75) is 287 Å². The van der Waals surface area contributed by atoms with Crippen molar-refractivity contribution in [2.75, 3.05) is 105 Å². The molecule has 7 amide bonds. The van der Waals surface area contributed by atoms with Crippen molar-refractivity contribution in [2.24, 2.45) is 29.4 Å². The lowest BCUT2D eigenvalue weighted by molar-refractivity contribution is -0.149. The van der Waals surface area contributed by atoms with E-state index in [0.29, 0.717) is 25.9 Å². The number of ether oxygens (including phenoxy) is 1. The molecule has 0 rings (SSSR count). The molecule has 0 radical (unpaired) electrons. The predicted octanol–water partition coefficient (Wildman–Crippen LogP) is 11.5. The van der Waals surface area contributed by atoms with E-state index in [4.69, 9.17) is 10.5 Å². The first kappa shape index (κ1) is 86.6. The van der Waals surface area contributed by atoms with E-state index in [1.165, 1.54) is 46.8 Å². The smallest absolute Gasteiger partial charge is 0.305 e. The number of nitrogens with zero attached hydrogens (tertiary/aromatic N) is 6. The van der Waals surface area contributed by atoms with Crippen LogP contribution in [0.5, 0.6) is 0 Å². The van der Waals surface area contributed by atoms with E-state index in [2.05, 4.69) is 74.6 Å². The first-order chi connectivity index (χ1) is 43.9. The highest BCUT2D eigenvalue weighted by molar-refractivity contribution is 5.93. The van der Waals surface area contributed by atoms with Crippen LogP contribution < -0.4 is 11.1 Å². The van der Waals surface area contributed by atoms with Crippen LogP contribution in [-0.2, 0) is 43.1 Å². The minimum absolute atomic E-state index is 0.0108. The lowest BCUT2D eigenvalue weighted by Crippen LogP contribution is -2.53. The summed E-state index contributed by atoms with van der Waals surface area (Å²) in [5, 5.41) is 22.5. The van der Waals surface area contributed by atoms with E-state index in [1.807, 2.05) is 0 Å². The summed E-state index contributed by atoms with van der Waals surface area (Å²) >= 11 is 0. The Morgan fingerprint density at radius 3 is 1.00 bits per heavy atom. The van der Waals surface area contributed by atoms with Gasteiger partial charge in [0.1, 0.15) is 0 Å². The zero-order valence-electron chi connectivity index (χ0n) is 59.9. The van der Waals surface area contributed by atoms with Gasteiger partial charge in [-0.1, -0.05) is 230 Å². The number of amides is 7.